The van der Waals surface area contributed by atoms with Crippen LogP contribution < -0.4 is 0 Å². The summed E-state index contributed by atoms with van der Waals surface area (Å²) in [6.45, 7) is 0.516. The number of ether oxygens (including phenoxy) is 1. The summed E-state index contributed by atoms with van der Waals surface area (Å²) in [5.74, 6) is -0.309. The molecule has 0 aliphatic carbocycles. The van der Waals surface area contributed by atoms with Gasteiger partial charge in [0, 0.05) is 0 Å². The van der Waals surface area contributed by atoms with Crippen molar-refractivity contribution in [2.45, 2.75) is 23.3 Å². The van der Waals surface area contributed by atoms with Gasteiger partial charge in [-0.05, 0) is 19.3 Å². The highest BCUT2D eigenvalue weighted by Gasteiger charge is 2.32. The molecule has 4 heteroatoms. The molecule has 1 aliphatic rings. The third kappa shape index (κ3) is 1.83. The molecule has 0 bridgehead atoms. The molecule has 10 heavy (non-hydrogen) atoms. The van der Waals surface area contributed by atoms with Crippen LogP contribution in [0.4, 0.5) is 0 Å². The summed E-state index contributed by atoms with van der Waals surface area (Å²) in [5.41, 5.74) is 0. The summed E-state index contributed by atoms with van der Waals surface area (Å²) in [5, 5.41) is 0. The zero-order valence-electron chi connectivity index (χ0n) is 5.54. The van der Waals surface area contributed by atoms with Crippen LogP contribution in [-0.2, 0) is 9.53 Å². The van der Waals surface area contributed by atoms with Gasteiger partial charge in [0.25, 0.3) is 0 Å². The van der Waals surface area contributed by atoms with Gasteiger partial charge in [0.05, 0.1) is 6.61 Å². The standard InChI is InChI=1S/C6H10O2S2/c7-5-6(9,10)3-1-2-4-8-5/h9-10H,1-4H2. The fourth-order valence-electron chi connectivity index (χ4n) is 0.856. The number of rotatable bonds is 0. The quantitative estimate of drug-likeness (QED) is 0.332. The van der Waals surface area contributed by atoms with Gasteiger partial charge in [-0.15, -0.1) is 0 Å². The lowest BCUT2D eigenvalue weighted by atomic mass is 10.2. The number of carbonyl (C=O) groups excluding carboxylic acids is 1. The summed E-state index contributed by atoms with van der Waals surface area (Å²) in [7, 11) is 0. The Morgan fingerprint density at radius 1 is 1.40 bits per heavy atom. The van der Waals surface area contributed by atoms with Gasteiger partial charge in [0.15, 0.2) is 4.08 Å². The Morgan fingerprint density at radius 3 is 2.80 bits per heavy atom. The predicted molar refractivity (Wildman–Crippen MR) is 45.5 cm³/mol. The second-order valence-electron chi connectivity index (χ2n) is 2.41. The number of hydrogen-bond acceptors (Lipinski definition) is 4. The molecule has 1 saturated heterocycles. The predicted octanol–water partition coefficient (Wildman–Crippen LogP) is 1.27. The molecule has 0 atom stereocenters. The maximum atomic E-state index is 11.0. The van der Waals surface area contributed by atoms with E-state index < -0.39 is 4.08 Å². The molecule has 0 amide bonds. The van der Waals surface area contributed by atoms with Crippen LogP contribution in [0.25, 0.3) is 0 Å². The van der Waals surface area contributed by atoms with E-state index >= 15 is 0 Å². The van der Waals surface area contributed by atoms with Gasteiger partial charge in [-0.3, -0.25) is 0 Å². The van der Waals surface area contributed by atoms with E-state index in [9.17, 15) is 4.79 Å². The summed E-state index contributed by atoms with van der Waals surface area (Å²) < 4.78 is 3.98. The number of cyclic esters (lactones) is 1. The van der Waals surface area contributed by atoms with Crippen LogP contribution in [0.3, 0.4) is 0 Å². The molecule has 0 N–H and O–H groups in total. The second kappa shape index (κ2) is 3.05. The zero-order chi connectivity index (χ0) is 7.61. The molecule has 1 fully saturated rings. The second-order valence-corrected chi connectivity index (χ2v) is 4.29. The van der Waals surface area contributed by atoms with Crippen molar-refractivity contribution in [3.8, 4) is 0 Å². The molecule has 0 saturated carbocycles. The maximum absolute atomic E-state index is 11.0. The first-order valence-electron chi connectivity index (χ1n) is 3.25. The van der Waals surface area contributed by atoms with E-state index in [-0.39, 0.29) is 5.97 Å². The van der Waals surface area contributed by atoms with Crippen LogP contribution in [0, 0.1) is 0 Å². The average molecular weight is 178 g/mol. The Bertz CT molecular complexity index is 145. The highest BCUT2D eigenvalue weighted by atomic mass is 32.2. The lowest BCUT2D eigenvalue weighted by molar-refractivity contribution is -0.142. The van der Waals surface area contributed by atoms with Crippen molar-refractivity contribution in [2.75, 3.05) is 6.61 Å². The third-order valence-electron chi connectivity index (χ3n) is 1.48. The first-order chi connectivity index (χ1) is 4.63. The fourth-order valence-corrected chi connectivity index (χ4v) is 1.30. The van der Waals surface area contributed by atoms with Crippen molar-refractivity contribution in [1.29, 1.82) is 0 Å². The van der Waals surface area contributed by atoms with Gasteiger partial charge in [-0.25, -0.2) is 4.79 Å². The minimum atomic E-state index is -0.851. The van der Waals surface area contributed by atoms with Gasteiger partial charge in [-0.2, -0.15) is 25.3 Å². The normalized spacial score (nSPS) is 25.2. The van der Waals surface area contributed by atoms with Gasteiger partial charge in [-0.1, -0.05) is 0 Å². The maximum Gasteiger partial charge on any atom is 0.332 e. The van der Waals surface area contributed by atoms with E-state index in [1.54, 1.807) is 0 Å². The smallest absolute Gasteiger partial charge is 0.332 e. The molecular formula is C6H10O2S2. The van der Waals surface area contributed by atoms with Gasteiger partial charge < -0.3 is 4.74 Å². The van der Waals surface area contributed by atoms with E-state index in [0.717, 1.165) is 12.8 Å². The molecule has 1 aliphatic heterocycles. The van der Waals surface area contributed by atoms with Crippen molar-refractivity contribution >= 4 is 31.2 Å². The molecule has 1 heterocycles. The average Bonchev–Trinajstić information content (AvgIpc) is 1.96. The minimum Gasteiger partial charge on any atom is -0.464 e. The van der Waals surface area contributed by atoms with Crippen LogP contribution in [0.15, 0.2) is 0 Å². The van der Waals surface area contributed by atoms with Crippen LogP contribution in [0.1, 0.15) is 19.3 Å². The largest absolute Gasteiger partial charge is 0.464 e. The highest BCUT2D eigenvalue weighted by molar-refractivity contribution is 8.01. The molecule has 2 nitrogen and oxygen atoms in total. The lowest BCUT2D eigenvalue weighted by Gasteiger charge is -2.15. The Labute approximate surface area is 71.1 Å². The van der Waals surface area contributed by atoms with Crippen molar-refractivity contribution in [3.05, 3.63) is 0 Å². The summed E-state index contributed by atoms with van der Waals surface area (Å²) in [6, 6.07) is 0. The van der Waals surface area contributed by atoms with Crippen molar-refractivity contribution in [3.63, 3.8) is 0 Å². The first kappa shape index (κ1) is 8.27. The summed E-state index contributed by atoms with van der Waals surface area (Å²) in [4.78, 5) is 11.0. The minimum absolute atomic E-state index is 0.309. The Kier molecular flexibility index (Phi) is 2.52. The van der Waals surface area contributed by atoms with Crippen LogP contribution in [0.2, 0.25) is 0 Å². The molecule has 0 aromatic rings. The topological polar surface area (TPSA) is 26.3 Å². The molecule has 0 unspecified atom stereocenters. The number of carbonyl (C=O) groups is 1. The Morgan fingerprint density at radius 2 is 2.10 bits per heavy atom. The molecule has 0 radical (unpaired) electrons. The van der Waals surface area contributed by atoms with E-state index in [4.69, 9.17) is 4.74 Å². The van der Waals surface area contributed by atoms with Gasteiger partial charge >= 0.3 is 5.97 Å². The lowest BCUT2D eigenvalue weighted by Crippen LogP contribution is -2.26. The summed E-state index contributed by atoms with van der Waals surface area (Å²) in [6.07, 6.45) is 2.57. The van der Waals surface area contributed by atoms with Crippen LogP contribution >= 0.6 is 25.3 Å². The third-order valence-corrected chi connectivity index (χ3v) is 2.29. The van der Waals surface area contributed by atoms with Crippen LogP contribution in [-0.4, -0.2) is 16.7 Å². The highest BCUT2D eigenvalue weighted by Crippen LogP contribution is 2.30. The Balaban J connectivity index is 2.61. The van der Waals surface area contributed by atoms with E-state index in [2.05, 4.69) is 25.3 Å². The number of hydrogen-bond donors (Lipinski definition) is 2. The van der Waals surface area contributed by atoms with E-state index in [1.807, 2.05) is 0 Å². The molecule has 0 aromatic heterocycles. The zero-order valence-corrected chi connectivity index (χ0v) is 7.33. The molecule has 0 spiro atoms. The number of thiol groups is 2. The van der Waals surface area contributed by atoms with Crippen molar-refractivity contribution in [2.24, 2.45) is 0 Å². The van der Waals surface area contributed by atoms with E-state index in [0.29, 0.717) is 13.0 Å². The molecular weight excluding hydrogens is 168 g/mol. The summed E-state index contributed by atoms with van der Waals surface area (Å²) >= 11 is 8.14. The monoisotopic (exact) mass is 178 g/mol. The number of esters is 1. The fraction of sp³-hybridized carbons (Fsp3) is 0.833. The first-order valence-corrected chi connectivity index (χ1v) is 4.14. The van der Waals surface area contributed by atoms with Crippen molar-refractivity contribution < 1.29 is 9.53 Å². The van der Waals surface area contributed by atoms with Gasteiger partial charge in [0.2, 0.25) is 0 Å². The molecule has 1 rings (SSSR count). The molecule has 0 aromatic carbocycles. The van der Waals surface area contributed by atoms with Gasteiger partial charge in [0.1, 0.15) is 0 Å². The van der Waals surface area contributed by atoms with E-state index in [1.165, 1.54) is 0 Å². The van der Waals surface area contributed by atoms with Crippen LogP contribution in [0.5, 0.6) is 0 Å². The molecule has 58 valence electrons. The van der Waals surface area contributed by atoms with Crippen molar-refractivity contribution in [1.82, 2.24) is 0 Å². The Hall–Kier alpha value is 0.170. The SMILES string of the molecule is O=C1OCCCCC1(S)S.